The van der Waals surface area contributed by atoms with Crippen molar-refractivity contribution in [2.24, 2.45) is 0 Å². The number of aromatic nitrogens is 2. The minimum atomic E-state index is -0.253. The van der Waals surface area contributed by atoms with Crippen molar-refractivity contribution in [1.29, 1.82) is 0 Å². The molecule has 0 aromatic carbocycles. The van der Waals surface area contributed by atoms with Crippen molar-refractivity contribution < 1.29 is 14.1 Å². The largest absolute Gasteiger partial charge is 0.462 e. The first-order valence-electron chi connectivity index (χ1n) is 5.27. The third kappa shape index (κ3) is 4.88. The highest BCUT2D eigenvalue weighted by Crippen LogP contribution is 1.95. The van der Waals surface area contributed by atoms with Crippen molar-refractivity contribution in [3.63, 3.8) is 0 Å². The minimum Gasteiger partial charge on any atom is -0.462 e. The van der Waals surface area contributed by atoms with Gasteiger partial charge in [-0.2, -0.15) is 4.98 Å². The summed E-state index contributed by atoms with van der Waals surface area (Å²) < 4.78 is 9.87. The van der Waals surface area contributed by atoms with Crippen LogP contribution in [0.3, 0.4) is 0 Å². The van der Waals surface area contributed by atoms with Crippen LogP contribution in [0.5, 0.6) is 0 Å². The molecule has 0 aliphatic rings. The number of rotatable bonds is 6. The Morgan fingerprint density at radius 2 is 2.31 bits per heavy atom. The molecule has 1 aromatic heterocycles. The fraction of sp³-hybridized carbons (Fsp3) is 0.700. The predicted octanol–water partition coefficient (Wildman–Crippen LogP) is 0.462. The van der Waals surface area contributed by atoms with E-state index in [0.717, 1.165) is 0 Å². The maximum Gasteiger partial charge on any atom is 0.320 e. The molecule has 0 spiro atoms. The molecule has 0 bridgehead atoms. The molecule has 1 N–H and O–H groups in total. The number of hydrogen-bond acceptors (Lipinski definition) is 6. The quantitative estimate of drug-likeness (QED) is 0.562. The van der Waals surface area contributed by atoms with Gasteiger partial charge < -0.3 is 14.6 Å². The average Bonchev–Trinajstić information content (AvgIpc) is 2.58. The SMILES string of the molecule is Cc1noc(CCNCC(=O)OC(C)C)n1. The van der Waals surface area contributed by atoms with Gasteiger partial charge in [-0.3, -0.25) is 4.79 Å². The summed E-state index contributed by atoms with van der Waals surface area (Å²) in [6.45, 7) is 6.21. The Bertz CT molecular complexity index is 336. The predicted molar refractivity (Wildman–Crippen MR) is 56.8 cm³/mol. The fourth-order valence-electron chi connectivity index (χ4n) is 1.13. The van der Waals surface area contributed by atoms with Crippen LogP contribution in [0.15, 0.2) is 4.52 Å². The maximum absolute atomic E-state index is 11.1. The summed E-state index contributed by atoms with van der Waals surface area (Å²) >= 11 is 0. The molecule has 0 amide bonds. The van der Waals surface area contributed by atoms with Crippen LogP contribution in [0.25, 0.3) is 0 Å². The minimum absolute atomic E-state index is 0.0760. The van der Waals surface area contributed by atoms with E-state index >= 15 is 0 Å². The first kappa shape index (κ1) is 12.6. The lowest BCUT2D eigenvalue weighted by atomic mass is 10.4. The van der Waals surface area contributed by atoms with E-state index in [-0.39, 0.29) is 18.6 Å². The molecular formula is C10H17N3O3. The van der Waals surface area contributed by atoms with Crippen molar-refractivity contribution >= 4 is 5.97 Å². The molecule has 0 saturated carbocycles. The standard InChI is InChI=1S/C10H17N3O3/c1-7(2)15-10(14)6-11-5-4-9-12-8(3)13-16-9/h7,11H,4-6H2,1-3H3. The Hall–Kier alpha value is -1.43. The van der Waals surface area contributed by atoms with Crippen LogP contribution in [0.1, 0.15) is 25.6 Å². The molecule has 1 heterocycles. The molecular weight excluding hydrogens is 210 g/mol. The summed E-state index contributed by atoms with van der Waals surface area (Å²) in [6.07, 6.45) is 0.531. The van der Waals surface area contributed by atoms with Gasteiger partial charge in [-0.05, 0) is 20.8 Å². The van der Waals surface area contributed by atoms with Gasteiger partial charge in [0, 0.05) is 13.0 Å². The highest BCUT2D eigenvalue weighted by atomic mass is 16.5. The van der Waals surface area contributed by atoms with Crippen molar-refractivity contribution in [1.82, 2.24) is 15.5 Å². The van der Waals surface area contributed by atoms with Gasteiger partial charge in [-0.25, -0.2) is 0 Å². The zero-order valence-electron chi connectivity index (χ0n) is 9.82. The van der Waals surface area contributed by atoms with E-state index in [1.165, 1.54) is 0 Å². The Balaban J connectivity index is 2.10. The summed E-state index contributed by atoms with van der Waals surface area (Å²) in [5.41, 5.74) is 0. The molecule has 16 heavy (non-hydrogen) atoms. The molecule has 90 valence electrons. The normalized spacial score (nSPS) is 10.8. The van der Waals surface area contributed by atoms with Gasteiger partial charge in [-0.1, -0.05) is 5.16 Å². The van der Waals surface area contributed by atoms with Crippen molar-refractivity contribution in [3.8, 4) is 0 Å². The van der Waals surface area contributed by atoms with Crippen LogP contribution < -0.4 is 5.32 Å². The number of carbonyl (C=O) groups is 1. The lowest BCUT2D eigenvalue weighted by Crippen LogP contribution is -2.28. The lowest BCUT2D eigenvalue weighted by molar-refractivity contribution is -0.146. The summed E-state index contributed by atoms with van der Waals surface area (Å²) in [6, 6.07) is 0. The molecule has 0 radical (unpaired) electrons. The number of esters is 1. The highest BCUT2D eigenvalue weighted by Gasteiger charge is 2.05. The van der Waals surface area contributed by atoms with E-state index in [9.17, 15) is 4.79 Å². The van der Waals surface area contributed by atoms with E-state index in [0.29, 0.717) is 24.7 Å². The summed E-state index contributed by atoms with van der Waals surface area (Å²) in [4.78, 5) is 15.2. The van der Waals surface area contributed by atoms with Crippen LogP contribution in [-0.4, -0.2) is 35.3 Å². The first-order valence-corrected chi connectivity index (χ1v) is 5.27. The number of carbonyl (C=O) groups excluding carboxylic acids is 1. The smallest absolute Gasteiger partial charge is 0.320 e. The summed E-state index contributed by atoms with van der Waals surface area (Å²) in [7, 11) is 0. The summed E-state index contributed by atoms with van der Waals surface area (Å²) in [5, 5.41) is 6.61. The Kier molecular flexibility index (Phi) is 4.91. The molecule has 6 nitrogen and oxygen atoms in total. The van der Waals surface area contributed by atoms with Crippen LogP contribution in [0, 0.1) is 6.92 Å². The fourth-order valence-corrected chi connectivity index (χ4v) is 1.13. The van der Waals surface area contributed by atoms with Crippen molar-refractivity contribution in [2.45, 2.75) is 33.3 Å². The Labute approximate surface area is 94.4 Å². The maximum atomic E-state index is 11.1. The molecule has 6 heteroatoms. The third-order valence-corrected chi connectivity index (χ3v) is 1.72. The van der Waals surface area contributed by atoms with Gasteiger partial charge in [0.15, 0.2) is 5.82 Å². The van der Waals surface area contributed by atoms with Crippen molar-refractivity contribution in [2.75, 3.05) is 13.1 Å². The molecule has 0 aliphatic heterocycles. The lowest BCUT2D eigenvalue weighted by Gasteiger charge is -2.07. The zero-order chi connectivity index (χ0) is 12.0. The van der Waals surface area contributed by atoms with Gasteiger partial charge >= 0.3 is 5.97 Å². The molecule has 0 saturated heterocycles. The number of ether oxygens (including phenoxy) is 1. The van der Waals surface area contributed by atoms with Crippen LogP contribution in [0.2, 0.25) is 0 Å². The Morgan fingerprint density at radius 3 is 2.88 bits per heavy atom. The van der Waals surface area contributed by atoms with Crippen LogP contribution in [-0.2, 0) is 16.0 Å². The van der Waals surface area contributed by atoms with E-state index in [1.807, 2.05) is 13.8 Å². The number of aryl methyl sites for hydroxylation is 1. The van der Waals surface area contributed by atoms with Crippen LogP contribution >= 0.6 is 0 Å². The molecule has 1 aromatic rings. The van der Waals surface area contributed by atoms with Crippen LogP contribution in [0.4, 0.5) is 0 Å². The Morgan fingerprint density at radius 1 is 1.56 bits per heavy atom. The molecule has 1 rings (SSSR count). The monoisotopic (exact) mass is 227 g/mol. The van der Waals surface area contributed by atoms with E-state index in [4.69, 9.17) is 9.26 Å². The second-order valence-electron chi connectivity index (χ2n) is 3.70. The van der Waals surface area contributed by atoms with Gasteiger partial charge in [0.2, 0.25) is 5.89 Å². The number of hydrogen-bond donors (Lipinski definition) is 1. The van der Waals surface area contributed by atoms with E-state index < -0.39 is 0 Å². The van der Waals surface area contributed by atoms with Gasteiger partial charge in [-0.15, -0.1) is 0 Å². The highest BCUT2D eigenvalue weighted by molar-refractivity contribution is 5.71. The van der Waals surface area contributed by atoms with Gasteiger partial charge in [0.05, 0.1) is 12.6 Å². The third-order valence-electron chi connectivity index (χ3n) is 1.72. The number of nitrogens with zero attached hydrogens (tertiary/aromatic N) is 2. The first-order chi connectivity index (χ1) is 7.58. The zero-order valence-corrected chi connectivity index (χ0v) is 9.82. The second kappa shape index (κ2) is 6.22. The molecule has 0 atom stereocenters. The number of nitrogens with one attached hydrogen (secondary N) is 1. The second-order valence-corrected chi connectivity index (χ2v) is 3.70. The average molecular weight is 227 g/mol. The topological polar surface area (TPSA) is 77.2 Å². The van der Waals surface area contributed by atoms with Gasteiger partial charge in [0.25, 0.3) is 0 Å². The van der Waals surface area contributed by atoms with Gasteiger partial charge in [0.1, 0.15) is 0 Å². The summed E-state index contributed by atoms with van der Waals surface area (Å²) in [5.74, 6) is 0.938. The molecule has 0 aliphatic carbocycles. The van der Waals surface area contributed by atoms with Crippen molar-refractivity contribution in [3.05, 3.63) is 11.7 Å². The van der Waals surface area contributed by atoms with E-state index in [1.54, 1.807) is 6.92 Å². The van der Waals surface area contributed by atoms with E-state index in [2.05, 4.69) is 15.5 Å². The molecule has 0 fully saturated rings. The molecule has 0 unspecified atom stereocenters.